The molecule has 0 radical (unpaired) electrons. The molecule has 3 aliphatic heterocycles. The van der Waals surface area contributed by atoms with Gasteiger partial charge < -0.3 is 120 Å². The van der Waals surface area contributed by atoms with E-state index in [4.69, 9.17) is 10.2 Å². The normalized spacial score (nSPS) is 19.6. The number of aliphatic carboxylic acids is 1. The molecule has 2 aromatic heterocycles. The van der Waals surface area contributed by atoms with Crippen LogP contribution in [0.2, 0.25) is 0 Å². The zero-order valence-electron chi connectivity index (χ0n) is 77.9. The Bertz CT molecular complexity index is 5630. The monoisotopic (exact) mass is 2070 g/mol. The van der Waals surface area contributed by atoms with Gasteiger partial charge in [0.1, 0.15) is 89.1 Å². The summed E-state index contributed by atoms with van der Waals surface area (Å²) >= 11 is 1.91. The number of amides is 15. The van der Waals surface area contributed by atoms with Crippen LogP contribution >= 0.6 is 44.2 Å². The molecule has 15 amide bonds. The quantitative estimate of drug-likeness (QED) is 0.0111. The van der Waals surface area contributed by atoms with Crippen LogP contribution in [0, 0.1) is 29.6 Å². The van der Waals surface area contributed by atoms with E-state index in [1.54, 1.807) is 101 Å². The lowest BCUT2D eigenvalue weighted by atomic mass is 9.90. The number of aromatic nitrogens is 4. The van der Waals surface area contributed by atoms with Crippen LogP contribution in [0.5, 0.6) is 5.75 Å². The number of aliphatic hydroxyl groups excluding tert-OH is 2. The Morgan fingerprint density at radius 2 is 1.37 bits per heavy atom. The largest absolute Gasteiger partial charge is 0.508 e. The van der Waals surface area contributed by atoms with Gasteiger partial charge in [-0.2, -0.15) is 0 Å². The highest BCUT2D eigenvalue weighted by atomic mass is 127. The zero-order chi connectivity index (χ0) is 101. The van der Waals surface area contributed by atoms with Crippen LogP contribution in [-0.2, 0) is 86.4 Å². The summed E-state index contributed by atoms with van der Waals surface area (Å²) in [6, 6.07) is 8.54. The number of benzene rings is 4. The first-order chi connectivity index (χ1) is 66.1. The minimum atomic E-state index is -1.80. The minimum absolute atomic E-state index is 0.0116. The number of aromatic hydroxyl groups is 1. The molecule has 5 aliphatic rings. The predicted molar refractivity (Wildman–Crippen MR) is 523 cm³/mol. The number of halogens is 1. The molecule has 139 heavy (non-hydrogen) atoms. The molecule has 2 aliphatic carbocycles. The molecule has 0 saturated carbocycles. The van der Waals surface area contributed by atoms with E-state index in [1.807, 2.05) is 42.5 Å². The highest BCUT2D eigenvalue weighted by Crippen LogP contribution is 2.43. The number of nitrogens with two attached hydrogens (primary N) is 1. The van der Waals surface area contributed by atoms with Crippen molar-refractivity contribution < 1.29 is 107 Å². The molecule has 3 aromatic carbocycles. The molecular weight excluding hydrogens is 1950 g/mol. The molecule has 3 unspecified atom stereocenters. The van der Waals surface area contributed by atoms with E-state index in [-0.39, 0.29) is 146 Å². The maximum absolute atomic E-state index is 14.6. The van der Waals surface area contributed by atoms with E-state index < -0.39 is 180 Å². The van der Waals surface area contributed by atoms with Crippen LogP contribution in [-0.4, -0.2) is 250 Å². The van der Waals surface area contributed by atoms with Crippen molar-refractivity contribution in [1.82, 2.24) is 88.6 Å². The van der Waals surface area contributed by atoms with Crippen LogP contribution in [0.15, 0.2) is 141 Å². The van der Waals surface area contributed by atoms with Gasteiger partial charge in [0.05, 0.1) is 34.5 Å². The fourth-order valence-corrected chi connectivity index (χ4v) is 18.9. The molecule has 2 saturated heterocycles. The number of aromatic carboxylic acids is 1. The average molecular weight is 2080 g/mol. The number of imidazole rings is 2. The summed E-state index contributed by atoms with van der Waals surface area (Å²) < 4.78 is 6.35. The number of fused-ring (bicyclic) bond motifs is 3. The summed E-state index contributed by atoms with van der Waals surface area (Å²) in [7, 11) is 3.71. The van der Waals surface area contributed by atoms with Crippen LogP contribution in [0.4, 0.5) is 10.5 Å². The Morgan fingerprint density at radius 3 is 2.04 bits per heavy atom. The fourth-order valence-electron chi connectivity index (χ4n) is 15.7. The van der Waals surface area contributed by atoms with Crippen molar-refractivity contribution >= 4 is 156 Å². The summed E-state index contributed by atoms with van der Waals surface area (Å²) in [6.45, 7) is 12.0. The van der Waals surface area contributed by atoms with E-state index in [2.05, 4.69) is 89.1 Å². The Kier molecular flexibility index (Phi) is 41.6. The number of nitrogens with one attached hydrogen (secondary N) is 15. The van der Waals surface area contributed by atoms with Gasteiger partial charge >= 0.3 is 18.0 Å². The number of unbranched alkanes of at least 4 members (excludes halogenated alkanes) is 2. The van der Waals surface area contributed by atoms with Crippen molar-refractivity contribution in [3.8, 4) is 28.2 Å². The van der Waals surface area contributed by atoms with Gasteiger partial charge in [0.25, 0.3) is 0 Å². The summed E-state index contributed by atoms with van der Waals surface area (Å²) in [5.41, 5.74) is 8.09. The number of allylic oxidation sites excluding steroid dienone is 3. The van der Waals surface area contributed by atoms with Gasteiger partial charge in [0, 0.05) is 128 Å². The molecule has 5 aromatic rings. The lowest BCUT2D eigenvalue weighted by Crippen LogP contribution is -2.61. The maximum Gasteiger partial charge on any atom is 0.336 e. The van der Waals surface area contributed by atoms with Crippen LogP contribution in [0.3, 0.4) is 0 Å². The van der Waals surface area contributed by atoms with Crippen molar-refractivity contribution in [3.63, 3.8) is 0 Å². The molecule has 5 heterocycles. The van der Waals surface area contributed by atoms with Crippen molar-refractivity contribution in [2.24, 2.45) is 35.3 Å². The third-order valence-corrected chi connectivity index (χ3v) is 26.6. The number of carboxylic acid groups (broad SMARTS) is 2. The molecule has 14 atom stereocenters. The first kappa shape index (κ1) is 109. The van der Waals surface area contributed by atoms with Gasteiger partial charge in [0.2, 0.25) is 76.8 Å². The van der Waals surface area contributed by atoms with Gasteiger partial charge in [0.15, 0.2) is 5.43 Å². The van der Waals surface area contributed by atoms with Gasteiger partial charge in [-0.15, -0.1) is 0 Å². The number of hydrogen-bond acceptors (Lipinski definition) is 25. The van der Waals surface area contributed by atoms with Crippen LogP contribution in [0.1, 0.15) is 147 Å². The fraction of sp³-hybridized carbons (Fsp3) is 0.457. The van der Waals surface area contributed by atoms with E-state index in [9.17, 15) is 107 Å². The lowest BCUT2D eigenvalue weighted by Gasteiger charge is -2.30. The van der Waals surface area contributed by atoms with Crippen LogP contribution < -0.4 is 80.3 Å². The number of urea groups is 1. The number of carboxylic acids is 2. The summed E-state index contributed by atoms with van der Waals surface area (Å²) in [5, 5.41) is 86.1. The van der Waals surface area contributed by atoms with E-state index in [0.717, 1.165) is 16.4 Å². The summed E-state index contributed by atoms with van der Waals surface area (Å²) in [5.74, 6) is -13.4. The molecule has 0 bridgehead atoms. The van der Waals surface area contributed by atoms with Gasteiger partial charge in [-0.25, -0.2) is 19.6 Å². The van der Waals surface area contributed by atoms with Gasteiger partial charge in [-0.1, -0.05) is 125 Å². The molecule has 10 rings (SSSR count). The molecule has 22 N–H and O–H groups in total. The number of anilines is 1. The van der Waals surface area contributed by atoms with Gasteiger partial charge in [-0.05, 0) is 138 Å². The second kappa shape index (κ2) is 52.9. The van der Waals surface area contributed by atoms with E-state index in [1.165, 1.54) is 71.8 Å². The molecule has 748 valence electrons. The number of primary amides is 1. The van der Waals surface area contributed by atoms with Crippen LogP contribution in [0.25, 0.3) is 33.4 Å². The number of H-pyrrole nitrogens is 2. The Hall–Kier alpha value is -13.4. The van der Waals surface area contributed by atoms with E-state index in [0.29, 0.717) is 62.9 Å². The Labute approximate surface area is 822 Å². The second-order valence-corrected chi connectivity index (χ2v) is 38.8. The number of rotatable bonds is 38. The standard InChI is InChI=1S/C49H74IN11O13S2.C45H46N8O10/c1-8-25(6)40(48(73)54-31(41(51)66)11-23(2)3)60-45(70)34(15-28-18-52-22-53-28)56-46(71)36-21-76-75-20-26(7)49(74)61-19-29(62)16-37(61)47(72)58-33(14-27-9-10-38(63)30(50)13-27)43(68)57-35(17-39(64)65)44(69)55-32(12-24(4)5)42(67)59-36;1-46-42(58)35(24-38-47-18-19-48-38)53-43(59)34(20-26-8-4-2-5-9-26)52-40(57)25-50-39(56)10-6-3-7-17-49-45(62)51-27-11-14-30(33(21-27)44(60)61)41-31-15-12-28(54)22-36(31)63-37-23-29(55)13-16-32(37)41/h10,13,18,22-27,29,31-37,40,62-63H,8-9,11-12,14-17,19-21H2,1-7H3,(H2,51,66)(H,52,53)(H,54,73)(H,55,69)(H,56,71)(H,57,68)(H,58,72)(H,59,67)(H,60,70)(H,64,65);2,4-5,8-9,11-16,18-19,21-23,34-35,54H,3,6-7,10,17,20,24-25H2,1H3,(H,46,58)(H,47,48)(H,50,56)(H,52,57)(H,53,59)(H,60,61)(H2,49,51,62)/t25?,26-,27?,29?,31-,32-,33-,34-,35-,36-,37-,40-;34-,35-/m00/s1. The third kappa shape index (κ3) is 33.2. The maximum atomic E-state index is 14.6. The summed E-state index contributed by atoms with van der Waals surface area (Å²) in [4.78, 5) is 242. The van der Waals surface area contributed by atoms with Crippen molar-refractivity contribution in [2.45, 2.75) is 205 Å². The Morgan fingerprint density at radius 1 is 0.691 bits per heavy atom. The number of phenolic OH excluding ortho intramolecular Hbond substituents is 1. The second-order valence-electron chi connectivity index (χ2n) is 35.1. The first-order valence-electron chi connectivity index (χ1n) is 45.5. The van der Waals surface area contributed by atoms with Crippen molar-refractivity contribution in [1.29, 1.82) is 0 Å². The average Bonchev–Trinajstić information content (AvgIpc) is 0.964. The third-order valence-electron chi connectivity index (χ3n) is 23.1. The number of aliphatic hydroxyl groups is 2. The van der Waals surface area contributed by atoms with Crippen molar-refractivity contribution in [2.75, 3.05) is 43.5 Å². The summed E-state index contributed by atoms with van der Waals surface area (Å²) in [6.07, 6.45) is 9.49. The highest BCUT2D eigenvalue weighted by molar-refractivity contribution is 14.1. The minimum Gasteiger partial charge on any atom is -0.508 e. The SMILES string of the molecule is CCC(C)[C@H](NC(=O)[C@H](Cc1cnc[nH]1)NC(=O)[C@@H]1CSSC[C@H](C)C(=O)N2CC(O)C[C@H]2C(=O)N[C@@H](CC2C=C(I)C(O)=CC2)C(=O)N[C@@H](CC(=O)O)C(=O)N[C@@H](CC(C)C)C(=O)N1)C(=O)N[C@@H](CC(C)C)C(N)=O.CNC(=O)[C@H](Cc1ncc[nH]1)NC(=O)[C@H](Cc1ccccc1)NC(=O)CNC(=O)CCCCCNC(=O)Nc1ccc(-c2c3ccc(=O)cc-3oc3cc(O)ccc23)c(C(=O)O)c1. The lowest BCUT2D eigenvalue weighted by molar-refractivity contribution is -0.142. The Balaban J connectivity index is 0.000000316. The van der Waals surface area contributed by atoms with Crippen molar-refractivity contribution in [3.05, 3.63) is 164 Å². The molecular formula is C94H120IN19O23S2. The van der Waals surface area contributed by atoms with Gasteiger partial charge in [-0.3, -0.25) is 71.9 Å². The number of aromatic amines is 2. The first-order valence-corrected chi connectivity index (χ1v) is 49.1. The predicted octanol–water partition coefficient (Wildman–Crippen LogP) is 4.30. The molecule has 2 fully saturated rings. The number of likely N-dealkylation sites (N-methyl/N-ethyl adjacent to an activating group) is 1. The smallest absolute Gasteiger partial charge is 0.336 e. The molecule has 0 spiro atoms. The van der Waals surface area contributed by atoms with E-state index >= 15 is 0 Å². The zero-order valence-corrected chi connectivity index (χ0v) is 81.7. The molecule has 45 heteroatoms. The number of nitrogens with zero attached hydrogens (tertiary/aromatic N) is 3. The number of carbonyl (C=O) groups excluding carboxylic acids is 14. The number of phenols is 1. The number of carbonyl (C=O) groups is 16. The topological polar surface area (TPSA) is 647 Å². The molecule has 42 nitrogen and oxygen atoms in total. The highest BCUT2D eigenvalue weighted by Gasteiger charge is 2.44. The number of hydrogen-bond donors (Lipinski definition) is 21.